The number of hydrogen-bond acceptors (Lipinski definition) is 2. The zero-order chi connectivity index (χ0) is 9.80. The molecule has 0 amide bonds. The van der Waals surface area contributed by atoms with E-state index in [0.717, 1.165) is 25.8 Å². The highest BCUT2D eigenvalue weighted by Crippen LogP contribution is 2.22. The second-order valence-corrected chi connectivity index (χ2v) is 4.77. The van der Waals surface area contributed by atoms with Gasteiger partial charge in [0.15, 0.2) is 0 Å². The summed E-state index contributed by atoms with van der Waals surface area (Å²) in [5.74, 6) is 0.906. The standard InChI is InChI=1S/C12H21NO/c14-12-7-3-2-6-11(12)10-13-8-4-1-5-9-13/h11H,1-10H2/t11-/m0/s1. The Kier molecular flexibility index (Phi) is 3.57. The third-order valence-electron chi connectivity index (χ3n) is 3.61. The lowest BCUT2D eigenvalue weighted by molar-refractivity contribution is -0.125. The first kappa shape index (κ1) is 10.2. The van der Waals surface area contributed by atoms with Gasteiger partial charge in [0.1, 0.15) is 5.78 Å². The molecule has 2 fully saturated rings. The molecule has 1 atom stereocenters. The lowest BCUT2D eigenvalue weighted by atomic mass is 9.87. The van der Waals surface area contributed by atoms with Crippen LogP contribution in [-0.2, 0) is 4.79 Å². The van der Waals surface area contributed by atoms with Crippen molar-refractivity contribution in [3.63, 3.8) is 0 Å². The minimum Gasteiger partial charge on any atom is -0.303 e. The van der Waals surface area contributed by atoms with Crippen LogP contribution in [0.3, 0.4) is 0 Å². The van der Waals surface area contributed by atoms with E-state index in [1.54, 1.807) is 0 Å². The van der Waals surface area contributed by atoms with Crippen molar-refractivity contribution in [2.24, 2.45) is 5.92 Å². The van der Waals surface area contributed by atoms with E-state index < -0.39 is 0 Å². The van der Waals surface area contributed by atoms with Crippen molar-refractivity contribution in [1.29, 1.82) is 0 Å². The van der Waals surface area contributed by atoms with Gasteiger partial charge in [-0.15, -0.1) is 0 Å². The Morgan fingerprint density at radius 3 is 2.57 bits per heavy atom. The fraction of sp³-hybridized carbons (Fsp3) is 0.917. The van der Waals surface area contributed by atoms with Gasteiger partial charge in [0.05, 0.1) is 0 Å². The molecule has 0 aromatic carbocycles. The maximum absolute atomic E-state index is 11.6. The van der Waals surface area contributed by atoms with E-state index >= 15 is 0 Å². The smallest absolute Gasteiger partial charge is 0.137 e. The Morgan fingerprint density at radius 1 is 1.07 bits per heavy atom. The van der Waals surface area contributed by atoms with Crippen LogP contribution in [0, 0.1) is 5.92 Å². The lowest BCUT2D eigenvalue weighted by Gasteiger charge is -2.31. The third kappa shape index (κ3) is 2.57. The summed E-state index contributed by atoms with van der Waals surface area (Å²) in [7, 11) is 0. The van der Waals surface area contributed by atoms with Crippen LogP contribution in [-0.4, -0.2) is 30.3 Å². The van der Waals surface area contributed by atoms with Crippen molar-refractivity contribution in [1.82, 2.24) is 4.90 Å². The van der Waals surface area contributed by atoms with Gasteiger partial charge in [0.2, 0.25) is 0 Å². The van der Waals surface area contributed by atoms with Gasteiger partial charge in [-0.2, -0.15) is 0 Å². The first-order chi connectivity index (χ1) is 6.86. The first-order valence-electron chi connectivity index (χ1n) is 6.11. The van der Waals surface area contributed by atoms with E-state index in [1.165, 1.54) is 38.8 Å². The number of rotatable bonds is 2. The lowest BCUT2D eigenvalue weighted by Crippen LogP contribution is -2.37. The van der Waals surface area contributed by atoms with Crippen LogP contribution >= 0.6 is 0 Å². The van der Waals surface area contributed by atoms with Gasteiger partial charge in [-0.05, 0) is 38.8 Å². The van der Waals surface area contributed by atoms with Crippen molar-refractivity contribution in [2.45, 2.75) is 44.9 Å². The molecule has 2 rings (SSSR count). The SMILES string of the molecule is O=C1CCCC[C@H]1CN1CCCCC1. The quantitative estimate of drug-likeness (QED) is 0.673. The first-order valence-corrected chi connectivity index (χ1v) is 6.11. The minimum atomic E-state index is 0.377. The van der Waals surface area contributed by atoms with Crippen molar-refractivity contribution >= 4 is 5.78 Å². The molecule has 0 aromatic rings. The number of Topliss-reactive ketones (excluding diaryl/α,β-unsaturated/α-hetero) is 1. The normalized spacial score (nSPS) is 30.6. The van der Waals surface area contributed by atoms with Crippen LogP contribution in [0.2, 0.25) is 0 Å². The molecular formula is C12H21NO. The zero-order valence-corrected chi connectivity index (χ0v) is 9.00. The van der Waals surface area contributed by atoms with Crippen molar-refractivity contribution in [3.05, 3.63) is 0 Å². The number of piperidine rings is 1. The summed E-state index contributed by atoms with van der Waals surface area (Å²) < 4.78 is 0. The number of carbonyl (C=O) groups excluding carboxylic acids is 1. The number of ketones is 1. The molecule has 0 spiro atoms. The van der Waals surface area contributed by atoms with E-state index in [9.17, 15) is 4.79 Å². The van der Waals surface area contributed by atoms with Gasteiger partial charge in [-0.3, -0.25) is 4.79 Å². The average molecular weight is 195 g/mol. The summed E-state index contributed by atoms with van der Waals surface area (Å²) in [6, 6.07) is 0. The van der Waals surface area contributed by atoms with Gasteiger partial charge in [0.25, 0.3) is 0 Å². The van der Waals surface area contributed by atoms with Crippen LogP contribution in [0.1, 0.15) is 44.9 Å². The van der Waals surface area contributed by atoms with Crippen LogP contribution in [0.4, 0.5) is 0 Å². The Bertz CT molecular complexity index is 196. The summed E-state index contributed by atoms with van der Waals surface area (Å²) >= 11 is 0. The van der Waals surface area contributed by atoms with Crippen LogP contribution < -0.4 is 0 Å². The molecule has 2 nitrogen and oxygen atoms in total. The molecular weight excluding hydrogens is 174 g/mol. The zero-order valence-electron chi connectivity index (χ0n) is 9.00. The highest BCUT2D eigenvalue weighted by Gasteiger charge is 2.24. The van der Waals surface area contributed by atoms with Gasteiger partial charge in [0, 0.05) is 18.9 Å². The predicted molar refractivity (Wildman–Crippen MR) is 57.3 cm³/mol. The molecule has 80 valence electrons. The highest BCUT2D eigenvalue weighted by atomic mass is 16.1. The van der Waals surface area contributed by atoms with Crippen molar-refractivity contribution < 1.29 is 4.79 Å². The fourth-order valence-electron chi connectivity index (χ4n) is 2.70. The van der Waals surface area contributed by atoms with Gasteiger partial charge < -0.3 is 4.90 Å². The molecule has 0 aromatic heterocycles. The Hall–Kier alpha value is -0.370. The molecule has 1 heterocycles. The molecule has 0 bridgehead atoms. The second kappa shape index (κ2) is 4.92. The Morgan fingerprint density at radius 2 is 1.86 bits per heavy atom. The summed E-state index contributed by atoms with van der Waals surface area (Å²) in [6.45, 7) is 3.51. The summed E-state index contributed by atoms with van der Waals surface area (Å²) in [5.41, 5.74) is 0. The molecule has 0 N–H and O–H groups in total. The van der Waals surface area contributed by atoms with Gasteiger partial charge >= 0.3 is 0 Å². The summed E-state index contributed by atoms with van der Waals surface area (Å²) in [5, 5.41) is 0. The fourth-order valence-corrected chi connectivity index (χ4v) is 2.70. The van der Waals surface area contributed by atoms with E-state index in [-0.39, 0.29) is 0 Å². The van der Waals surface area contributed by atoms with Crippen molar-refractivity contribution in [3.8, 4) is 0 Å². The van der Waals surface area contributed by atoms with Crippen LogP contribution in [0.5, 0.6) is 0 Å². The predicted octanol–water partition coefficient (Wildman–Crippen LogP) is 2.23. The average Bonchev–Trinajstić information content (AvgIpc) is 2.23. The monoisotopic (exact) mass is 195 g/mol. The maximum Gasteiger partial charge on any atom is 0.137 e. The topological polar surface area (TPSA) is 20.3 Å². The molecule has 1 saturated carbocycles. The molecule has 0 unspecified atom stereocenters. The maximum atomic E-state index is 11.6. The molecule has 2 heteroatoms. The molecule has 0 radical (unpaired) electrons. The second-order valence-electron chi connectivity index (χ2n) is 4.77. The summed E-state index contributed by atoms with van der Waals surface area (Å²) in [6.07, 6.45) is 8.45. The third-order valence-corrected chi connectivity index (χ3v) is 3.61. The molecule has 1 saturated heterocycles. The minimum absolute atomic E-state index is 0.377. The summed E-state index contributed by atoms with van der Waals surface area (Å²) in [4.78, 5) is 14.1. The van der Waals surface area contributed by atoms with Gasteiger partial charge in [-0.1, -0.05) is 12.8 Å². The van der Waals surface area contributed by atoms with E-state index in [1.807, 2.05) is 0 Å². The van der Waals surface area contributed by atoms with E-state index in [0.29, 0.717) is 11.7 Å². The van der Waals surface area contributed by atoms with Crippen LogP contribution in [0.15, 0.2) is 0 Å². The number of carbonyl (C=O) groups is 1. The number of hydrogen-bond donors (Lipinski definition) is 0. The van der Waals surface area contributed by atoms with Gasteiger partial charge in [-0.25, -0.2) is 0 Å². The molecule has 1 aliphatic carbocycles. The highest BCUT2D eigenvalue weighted by molar-refractivity contribution is 5.81. The Balaban J connectivity index is 1.79. The Labute approximate surface area is 86.7 Å². The van der Waals surface area contributed by atoms with Crippen LogP contribution in [0.25, 0.3) is 0 Å². The van der Waals surface area contributed by atoms with E-state index in [4.69, 9.17) is 0 Å². The van der Waals surface area contributed by atoms with Crippen molar-refractivity contribution in [2.75, 3.05) is 19.6 Å². The number of likely N-dealkylation sites (tertiary alicyclic amines) is 1. The largest absolute Gasteiger partial charge is 0.303 e. The molecule has 2 aliphatic rings. The number of nitrogens with zero attached hydrogens (tertiary/aromatic N) is 1. The molecule has 14 heavy (non-hydrogen) atoms. The van der Waals surface area contributed by atoms with E-state index in [2.05, 4.69) is 4.90 Å². The molecule has 1 aliphatic heterocycles.